The van der Waals surface area contributed by atoms with E-state index in [4.69, 9.17) is 5.73 Å². The standard InChI is InChI=1S/C11H11F2N5O/c12-7-1-2-9(13)10(3-7)15-11(19)6-18-5-8(4-14)16-17-18/h1-3,5H,4,6,14H2,(H,15,19). The molecule has 0 fully saturated rings. The molecular weight excluding hydrogens is 256 g/mol. The van der Waals surface area contributed by atoms with Crippen molar-refractivity contribution < 1.29 is 13.6 Å². The zero-order valence-corrected chi connectivity index (χ0v) is 9.81. The highest BCUT2D eigenvalue weighted by Crippen LogP contribution is 2.15. The summed E-state index contributed by atoms with van der Waals surface area (Å²) in [5, 5.41) is 9.62. The van der Waals surface area contributed by atoms with Gasteiger partial charge in [0.2, 0.25) is 5.91 Å². The number of carbonyl (C=O) groups excluding carboxylic acids is 1. The van der Waals surface area contributed by atoms with Crippen LogP contribution in [0, 0.1) is 11.6 Å². The lowest BCUT2D eigenvalue weighted by Crippen LogP contribution is -2.20. The van der Waals surface area contributed by atoms with Crippen molar-refractivity contribution in [2.24, 2.45) is 5.73 Å². The van der Waals surface area contributed by atoms with Crippen LogP contribution < -0.4 is 11.1 Å². The van der Waals surface area contributed by atoms with Gasteiger partial charge in [0.1, 0.15) is 18.2 Å². The van der Waals surface area contributed by atoms with Crippen molar-refractivity contribution in [1.82, 2.24) is 15.0 Å². The summed E-state index contributed by atoms with van der Waals surface area (Å²) in [6.07, 6.45) is 1.50. The maximum atomic E-state index is 13.3. The zero-order valence-electron chi connectivity index (χ0n) is 9.81. The summed E-state index contributed by atoms with van der Waals surface area (Å²) < 4.78 is 27.5. The predicted octanol–water partition coefficient (Wildman–Crippen LogP) is 0.654. The molecule has 3 N–H and O–H groups in total. The van der Waals surface area contributed by atoms with Gasteiger partial charge in [0.15, 0.2) is 0 Å². The first-order chi connectivity index (χ1) is 9.08. The zero-order chi connectivity index (χ0) is 13.8. The smallest absolute Gasteiger partial charge is 0.246 e. The number of anilines is 1. The number of hydrogen-bond acceptors (Lipinski definition) is 4. The second kappa shape index (κ2) is 5.53. The molecule has 2 aromatic rings. The maximum Gasteiger partial charge on any atom is 0.246 e. The van der Waals surface area contributed by atoms with Crippen molar-refractivity contribution >= 4 is 11.6 Å². The number of hydrogen-bond donors (Lipinski definition) is 2. The van der Waals surface area contributed by atoms with Crippen LogP contribution >= 0.6 is 0 Å². The molecule has 0 atom stereocenters. The molecule has 0 aliphatic rings. The van der Waals surface area contributed by atoms with E-state index in [0.29, 0.717) is 5.69 Å². The number of rotatable bonds is 4. The lowest BCUT2D eigenvalue weighted by atomic mass is 10.3. The van der Waals surface area contributed by atoms with Gasteiger partial charge in [-0.05, 0) is 12.1 Å². The van der Waals surface area contributed by atoms with E-state index in [-0.39, 0.29) is 18.8 Å². The minimum atomic E-state index is -0.712. The molecule has 19 heavy (non-hydrogen) atoms. The third-order valence-corrected chi connectivity index (χ3v) is 2.30. The molecule has 1 aromatic heterocycles. The highest BCUT2D eigenvalue weighted by Gasteiger charge is 2.09. The minimum Gasteiger partial charge on any atom is -0.325 e. The Balaban J connectivity index is 2.03. The SMILES string of the molecule is NCc1cn(CC(=O)Nc2cc(F)ccc2F)nn1. The molecule has 8 heteroatoms. The second-order valence-corrected chi connectivity index (χ2v) is 3.78. The third kappa shape index (κ3) is 3.32. The molecule has 0 saturated carbocycles. The fourth-order valence-electron chi connectivity index (χ4n) is 1.44. The topological polar surface area (TPSA) is 85.8 Å². The fourth-order valence-corrected chi connectivity index (χ4v) is 1.44. The Morgan fingerprint density at radius 1 is 1.42 bits per heavy atom. The van der Waals surface area contributed by atoms with Gasteiger partial charge in [0, 0.05) is 12.6 Å². The molecule has 2 rings (SSSR count). The number of aromatic nitrogens is 3. The van der Waals surface area contributed by atoms with Gasteiger partial charge in [-0.2, -0.15) is 0 Å². The molecular formula is C11H11F2N5O. The first kappa shape index (κ1) is 13.1. The summed E-state index contributed by atoms with van der Waals surface area (Å²) >= 11 is 0. The Labute approximate surface area is 107 Å². The Morgan fingerprint density at radius 2 is 2.21 bits per heavy atom. The molecule has 1 amide bonds. The lowest BCUT2D eigenvalue weighted by molar-refractivity contribution is -0.116. The number of nitrogens with two attached hydrogens (primary N) is 1. The number of carbonyl (C=O) groups is 1. The molecule has 0 bridgehead atoms. The lowest BCUT2D eigenvalue weighted by Gasteiger charge is -2.06. The molecule has 0 spiro atoms. The molecule has 100 valence electrons. The van der Waals surface area contributed by atoms with Crippen LogP contribution in [0.25, 0.3) is 0 Å². The molecule has 0 radical (unpaired) electrons. The summed E-state index contributed by atoms with van der Waals surface area (Å²) in [7, 11) is 0. The normalized spacial score (nSPS) is 10.5. The molecule has 0 unspecified atom stereocenters. The first-order valence-corrected chi connectivity index (χ1v) is 5.42. The van der Waals surface area contributed by atoms with E-state index < -0.39 is 17.5 Å². The summed E-state index contributed by atoms with van der Waals surface area (Å²) in [4.78, 5) is 11.6. The van der Waals surface area contributed by atoms with Crippen molar-refractivity contribution in [1.29, 1.82) is 0 Å². The van der Waals surface area contributed by atoms with E-state index >= 15 is 0 Å². The van der Waals surface area contributed by atoms with E-state index in [9.17, 15) is 13.6 Å². The summed E-state index contributed by atoms with van der Waals surface area (Å²) in [5.74, 6) is -1.89. The Hall–Kier alpha value is -2.35. The van der Waals surface area contributed by atoms with Crippen LogP contribution in [-0.2, 0) is 17.9 Å². The van der Waals surface area contributed by atoms with Gasteiger partial charge in [0.05, 0.1) is 17.6 Å². The van der Waals surface area contributed by atoms with Crippen molar-refractivity contribution in [3.8, 4) is 0 Å². The molecule has 1 heterocycles. The summed E-state index contributed by atoms with van der Waals surface area (Å²) in [5.41, 5.74) is 5.66. The number of halogens is 2. The molecule has 0 saturated heterocycles. The number of amides is 1. The van der Waals surface area contributed by atoms with Crippen LogP contribution in [0.3, 0.4) is 0 Å². The van der Waals surface area contributed by atoms with Gasteiger partial charge in [-0.3, -0.25) is 4.79 Å². The minimum absolute atomic E-state index is 0.164. The molecule has 0 aliphatic carbocycles. The summed E-state index contributed by atoms with van der Waals surface area (Å²) in [6, 6.07) is 2.81. The third-order valence-electron chi connectivity index (χ3n) is 2.30. The Morgan fingerprint density at radius 3 is 2.89 bits per heavy atom. The summed E-state index contributed by atoms with van der Waals surface area (Å²) in [6.45, 7) is 0.0447. The van der Waals surface area contributed by atoms with E-state index in [1.807, 2.05) is 0 Å². The maximum absolute atomic E-state index is 13.3. The average molecular weight is 267 g/mol. The average Bonchev–Trinajstić information content (AvgIpc) is 2.81. The van der Waals surface area contributed by atoms with Crippen LogP contribution in [-0.4, -0.2) is 20.9 Å². The van der Waals surface area contributed by atoms with Gasteiger partial charge >= 0.3 is 0 Å². The van der Waals surface area contributed by atoms with Crippen molar-refractivity contribution in [3.63, 3.8) is 0 Å². The molecule has 0 aliphatic heterocycles. The van der Waals surface area contributed by atoms with Crippen molar-refractivity contribution in [2.45, 2.75) is 13.1 Å². The second-order valence-electron chi connectivity index (χ2n) is 3.78. The highest BCUT2D eigenvalue weighted by atomic mass is 19.1. The van der Waals surface area contributed by atoms with Gasteiger partial charge in [0.25, 0.3) is 0 Å². The predicted molar refractivity (Wildman–Crippen MR) is 62.9 cm³/mol. The van der Waals surface area contributed by atoms with Crippen LogP contribution in [0.15, 0.2) is 24.4 Å². The first-order valence-electron chi connectivity index (χ1n) is 5.42. The van der Waals surface area contributed by atoms with E-state index in [1.165, 1.54) is 10.9 Å². The van der Waals surface area contributed by atoms with E-state index in [0.717, 1.165) is 18.2 Å². The number of nitrogens with one attached hydrogen (secondary N) is 1. The van der Waals surface area contributed by atoms with Crippen LogP contribution in [0.4, 0.5) is 14.5 Å². The number of nitrogens with zero attached hydrogens (tertiary/aromatic N) is 3. The van der Waals surface area contributed by atoms with Crippen LogP contribution in [0.2, 0.25) is 0 Å². The Bertz CT molecular complexity index is 599. The monoisotopic (exact) mass is 267 g/mol. The van der Waals surface area contributed by atoms with Crippen LogP contribution in [0.1, 0.15) is 5.69 Å². The molecule has 1 aromatic carbocycles. The fraction of sp³-hybridized carbons (Fsp3) is 0.182. The van der Waals surface area contributed by atoms with E-state index in [1.54, 1.807) is 0 Å². The van der Waals surface area contributed by atoms with Gasteiger partial charge in [-0.15, -0.1) is 5.10 Å². The van der Waals surface area contributed by atoms with E-state index in [2.05, 4.69) is 15.6 Å². The highest BCUT2D eigenvalue weighted by molar-refractivity contribution is 5.90. The number of benzene rings is 1. The Kier molecular flexibility index (Phi) is 3.81. The quantitative estimate of drug-likeness (QED) is 0.851. The largest absolute Gasteiger partial charge is 0.325 e. The van der Waals surface area contributed by atoms with Crippen molar-refractivity contribution in [3.05, 3.63) is 41.7 Å². The molecule has 6 nitrogen and oxygen atoms in total. The van der Waals surface area contributed by atoms with Crippen LogP contribution in [0.5, 0.6) is 0 Å². The van der Waals surface area contributed by atoms with Gasteiger partial charge in [-0.1, -0.05) is 5.21 Å². The van der Waals surface area contributed by atoms with Gasteiger partial charge in [-0.25, -0.2) is 13.5 Å². The van der Waals surface area contributed by atoms with Gasteiger partial charge < -0.3 is 11.1 Å². The van der Waals surface area contributed by atoms with Crippen molar-refractivity contribution in [2.75, 3.05) is 5.32 Å².